The van der Waals surface area contributed by atoms with Gasteiger partial charge in [0.1, 0.15) is 5.69 Å². The quantitative estimate of drug-likeness (QED) is 0.540. The van der Waals surface area contributed by atoms with Crippen LogP contribution in [-0.4, -0.2) is 37.7 Å². The monoisotopic (exact) mass is 396 g/mol. The van der Waals surface area contributed by atoms with Gasteiger partial charge in [0.2, 0.25) is 5.88 Å². The van der Waals surface area contributed by atoms with Crippen molar-refractivity contribution >= 4 is 28.4 Å². The van der Waals surface area contributed by atoms with Gasteiger partial charge in [-0.3, -0.25) is 9.48 Å². The zero-order chi connectivity index (χ0) is 19.7. The zero-order valence-electron chi connectivity index (χ0n) is 15.2. The number of hydrogen-bond donors (Lipinski definition) is 2. The summed E-state index contributed by atoms with van der Waals surface area (Å²) in [5.41, 5.74) is 3.66. The number of amides is 1. The largest absolute Gasteiger partial charge is 0.480 e. The van der Waals surface area contributed by atoms with E-state index in [1.54, 1.807) is 31.7 Å². The van der Waals surface area contributed by atoms with Crippen LogP contribution in [0.1, 0.15) is 16.2 Å². The van der Waals surface area contributed by atoms with Gasteiger partial charge in [0.15, 0.2) is 0 Å². The Hall–Kier alpha value is -3.39. The standard InChI is InChI=1S/C19H17ClN6O2/c1-26-17(3-4-24-26)19(27)23-8-12-5-11-6-14(20)13(7-15(11)25-12)16-9-22-18(28-2)10-21-16/h3-7,9-10,25H,8H2,1-2H3,(H,23,27). The van der Waals surface area contributed by atoms with E-state index in [1.807, 2.05) is 18.2 Å². The maximum Gasteiger partial charge on any atom is 0.269 e. The van der Waals surface area contributed by atoms with Crippen LogP contribution in [0.4, 0.5) is 0 Å². The molecule has 28 heavy (non-hydrogen) atoms. The number of carbonyl (C=O) groups is 1. The fourth-order valence-corrected chi connectivity index (χ4v) is 3.20. The molecule has 0 unspecified atom stereocenters. The third-order valence-corrected chi connectivity index (χ3v) is 4.68. The number of hydrogen-bond acceptors (Lipinski definition) is 5. The van der Waals surface area contributed by atoms with Crippen molar-refractivity contribution < 1.29 is 9.53 Å². The number of ether oxygens (including phenoxy) is 1. The van der Waals surface area contributed by atoms with Crippen LogP contribution >= 0.6 is 11.6 Å². The summed E-state index contributed by atoms with van der Waals surface area (Å²) in [5, 5.41) is 8.39. The smallest absolute Gasteiger partial charge is 0.269 e. The molecule has 4 aromatic rings. The summed E-state index contributed by atoms with van der Waals surface area (Å²) in [6.45, 7) is 0.355. The maximum absolute atomic E-state index is 12.2. The molecular weight excluding hydrogens is 380 g/mol. The first-order valence-corrected chi connectivity index (χ1v) is 8.86. The number of carbonyl (C=O) groups excluding carboxylic acids is 1. The Morgan fingerprint density at radius 3 is 2.82 bits per heavy atom. The molecule has 0 saturated heterocycles. The van der Waals surface area contributed by atoms with Crippen molar-refractivity contribution in [2.45, 2.75) is 6.54 Å². The lowest BCUT2D eigenvalue weighted by Crippen LogP contribution is -2.25. The average Bonchev–Trinajstić information content (AvgIpc) is 3.31. The Kier molecular flexibility index (Phi) is 4.70. The van der Waals surface area contributed by atoms with Crippen molar-refractivity contribution in [2.24, 2.45) is 7.05 Å². The molecule has 142 valence electrons. The van der Waals surface area contributed by atoms with E-state index in [-0.39, 0.29) is 5.91 Å². The summed E-state index contributed by atoms with van der Waals surface area (Å²) < 4.78 is 6.57. The second-order valence-corrected chi connectivity index (χ2v) is 6.59. The maximum atomic E-state index is 12.2. The van der Waals surface area contributed by atoms with E-state index in [2.05, 4.69) is 25.4 Å². The van der Waals surface area contributed by atoms with Crippen molar-refractivity contribution in [1.82, 2.24) is 30.0 Å². The van der Waals surface area contributed by atoms with E-state index in [0.717, 1.165) is 22.2 Å². The molecule has 8 nitrogen and oxygen atoms in total. The zero-order valence-corrected chi connectivity index (χ0v) is 16.0. The van der Waals surface area contributed by atoms with E-state index < -0.39 is 0 Å². The van der Waals surface area contributed by atoms with Gasteiger partial charge in [-0.2, -0.15) is 5.10 Å². The van der Waals surface area contributed by atoms with Gasteiger partial charge in [0.25, 0.3) is 5.91 Å². The minimum atomic E-state index is -0.189. The van der Waals surface area contributed by atoms with E-state index in [1.165, 1.54) is 11.8 Å². The number of halogens is 1. The van der Waals surface area contributed by atoms with Crippen LogP contribution in [0.25, 0.3) is 22.2 Å². The average molecular weight is 397 g/mol. The topological polar surface area (TPSA) is 97.7 Å². The number of rotatable bonds is 5. The van der Waals surface area contributed by atoms with Gasteiger partial charge in [-0.1, -0.05) is 11.6 Å². The van der Waals surface area contributed by atoms with Crippen molar-refractivity contribution in [3.8, 4) is 17.1 Å². The number of nitrogens with one attached hydrogen (secondary N) is 2. The molecule has 1 amide bonds. The summed E-state index contributed by atoms with van der Waals surface area (Å²) in [7, 11) is 3.26. The lowest BCUT2D eigenvalue weighted by Gasteiger charge is -2.05. The Balaban J connectivity index is 1.57. The molecule has 3 aromatic heterocycles. The summed E-state index contributed by atoms with van der Waals surface area (Å²) in [5.74, 6) is 0.248. The van der Waals surface area contributed by atoms with Crippen molar-refractivity contribution in [3.05, 3.63) is 59.3 Å². The van der Waals surface area contributed by atoms with Crippen LogP contribution in [0.3, 0.4) is 0 Å². The van der Waals surface area contributed by atoms with Crippen LogP contribution < -0.4 is 10.1 Å². The molecule has 0 atom stereocenters. The SMILES string of the molecule is COc1cnc(-c2cc3[nH]c(CNC(=O)c4ccnn4C)cc3cc2Cl)cn1. The predicted molar refractivity (Wildman–Crippen MR) is 105 cm³/mol. The summed E-state index contributed by atoms with van der Waals surface area (Å²) >= 11 is 6.44. The van der Waals surface area contributed by atoms with Crippen LogP contribution in [0.5, 0.6) is 5.88 Å². The number of aromatic amines is 1. The highest BCUT2D eigenvalue weighted by Gasteiger charge is 2.12. The number of aromatic nitrogens is 5. The van der Waals surface area contributed by atoms with Gasteiger partial charge in [-0.05, 0) is 24.3 Å². The van der Waals surface area contributed by atoms with Crippen LogP contribution in [-0.2, 0) is 13.6 Å². The lowest BCUT2D eigenvalue weighted by molar-refractivity contribution is 0.0941. The third-order valence-electron chi connectivity index (χ3n) is 4.37. The minimum absolute atomic E-state index is 0.189. The second kappa shape index (κ2) is 7.32. The fourth-order valence-electron chi connectivity index (χ4n) is 2.93. The van der Waals surface area contributed by atoms with Gasteiger partial charge in [0.05, 0.1) is 36.8 Å². The van der Waals surface area contributed by atoms with Gasteiger partial charge in [-0.25, -0.2) is 9.97 Å². The fraction of sp³-hybridized carbons (Fsp3) is 0.158. The third kappa shape index (κ3) is 3.41. The summed E-state index contributed by atoms with van der Waals surface area (Å²) in [6.07, 6.45) is 4.75. The molecule has 3 heterocycles. The van der Waals surface area contributed by atoms with Crippen LogP contribution in [0.2, 0.25) is 5.02 Å². The van der Waals surface area contributed by atoms with Gasteiger partial charge < -0.3 is 15.0 Å². The number of nitrogens with zero attached hydrogens (tertiary/aromatic N) is 4. The predicted octanol–water partition coefficient (Wildman–Crippen LogP) is 2.95. The molecular formula is C19H17ClN6O2. The molecule has 0 radical (unpaired) electrons. The Morgan fingerprint density at radius 1 is 1.29 bits per heavy atom. The van der Waals surface area contributed by atoms with E-state index in [9.17, 15) is 4.79 Å². The first-order valence-electron chi connectivity index (χ1n) is 8.49. The van der Waals surface area contributed by atoms with Crippen LogP contribution in [0, 0.1) is 0 Å². The highest BCUT2D eigenvalue weighted by Crippen LogP contribution is 2.31. The molecule has 2 N–H and O–H groups in total. The Labute approximate surface area is 165 Å². The molecule has 0 aliphatic carbocycles. The van der Waals surface area contributed by atoms with Crippen molar-refractivity contribution in [3.63, 3.8) is 0 Å². The number of fused-ring (bicyclic) bond motifs is 1. The highest BCUT2D eigenvalue weighted by molar-refractivity contribution is 6.34. The Bertz CT molecular complexity index is 1150. The molecule has 1 aromatic carbocycles. The molecule has 0 aliphatic rings. The number of methoxy groups -OCH3 is 1. The number of aryl methyl sites for hydroxylation is 1. The second-order valence-electron chi connectivity index (χ2n) is 6.18. The molecule has 0 aliphatic heterocycles. The van der Waals surface area contributed by atoms with Crippen molar-refractivity contribution in [1.29, 1.82) is 0 Å². The summed E-state index contributed by atoms with van der Waals surface area (Å²) in [4.78, 5) is 24.0. The van der Waals surface area contributed by atoms with E-state index in [0.29, 0.717) is 28.8 Å². The number of benzene rings is 1. The van der Waals surface area contributed by atoms with E-state index in [4.69, 9.17) is 16.3 Å². The van der Waals surface area contributed by atoms with Gasteiger partial charge in [0, 0.05) is 35.4 Å². The molecule has 0 spiro atoms. The normalized spacial score (nSPS) is 11.0. The number of H-pyrrole nitrogens is 1. The molecule has 0 fully saturated rings. The first-order chi connectivity index (χ1) is 13.5. The van der Waals surface area contributed by atoms with Crippen molar-refractivity contribution in [2.75, 3.05) is 7.11 Å². The molecule has 4 rings (SSSR count). The van der Waals surface area contributed by atoms with Crippen LogP contribution in [0.15, 0.2) is 42.9 Å². The van der Waals surface area contributed by atoms with E-state index >= 15 is 0 Å². The first kappa shape index (κ1) is 18.0. The molecule has 0 bridgehead atoms. The highest BCUT2D eigenvalue weighted by atomic mass is 35.5. The summed E-state index contributed by atoms with van der Waals surface area (Å²) in [6, 6.07) is 7.40. The lowest BCUT2D eigenvalue weighted by atomic mass is 10.1. The van der Waals surface area contributed by atoms with Gasteiger partial charge in [-0.15, -0.1) is 0 Å². The van der Waals surface area contributed by atoms with Gasteiger partial charge >= 0.3 is 0 Å². The minimum Gasteiger partial charge on any atom is -0.480 e. The molecule has 0 saturated carbocycles. The Morgan fingerprint density at radius 2 is 2.14 bits per heavy atom. The molecule has 9 heteroatoms.